The zero-order chi connectivity index (χ0) is 7.72. The first-order valence-corrected chi connectivity index (χ1v) is 3.80. The van der Waals surface area contributed by atoms with E-state index in [-0.39, 0.29) is 0 Å². The van der Waals surface area contributed by atoms with E-state index in [4.69, 9.17) is 0 Å². The molecule has 0 aromatic heterocycles. The molecule has 0 radical (unpaired) electrons. The maximum atomic E-state index is 12.6. The van der Waals surface area contributed by atoms with Crippen molar-refractivity contribution in [3.05, 3.63) is 32.9 Å². The molecule has 0 N–H and O–H groups in total. The molecule has 10 heavy (non-hydrogen) atoms. The van der Waals surface area contributed by atoms with Crippen LogP contribution in [0, 0.1) is 22.1 Å². The van der Waals surface area contributed by atoms with Crippen LogP contribution in [0.4, 0.5) is 8.78 Å². The lowest BCUT2D eigenvalue weighted by molar-refractivity contribution is 0.576. The third kappa shape index (κ3) is 1.45. The van der Waals surface area contributed by atoms with Gasteiger partial charge in [-0.2, -0.15) is 0 Å². The first-order chi connectivity index (χ1) is 4.61. The summed E-state index contributed by atoms with van der Waals surface area (Å²) in [5.74, 6) is -1.01. The molecule has 0 nitrogen and oxygen atoms in total. The zero-order valence-corrected chi connectivity index (χ0v) is 7.45. The topological polar surface area (TPSA) is 0 Å². The molecule has 1 aromatic rings. The third-order valence-electron chi connectivity index (χ3n) is 1.17. The van der Waals surface area contributed by atoms with Gasteiger partial charge in [-0.05, 0) is 41.1 Å². The summed E-state index contributed by atoms with van der Waals surface area (Å²) in [4.78, 5) is 0. The molecular formula is C7H5F2I. The average Bonchev–Trinajstić information content (AvgIpc) is 1.82. The van der Waals surface area contributed by atoms with Crippen LogP contribution in [0.5, 0.6) is 0 Å². The number of hydrogen-bond donors (Lipinski definition) is 0. The second kappa shape index (κ2) is 2.82. The maximum Gasteiger partial charge on any atom is 0.139 e. The van der Waals surface area contributed by atoms with Crippen LogP contribution in [0.15, 0.2) is 12.1 Å². The van der Waals surface area contributed by atoms with Crippen molar-refractivity contribution in [3.8, 4) is 0 Å². The number of benzene rings is 1. The van der Waals surface area contributed by atoms with Gasteiger partial charge in [-0.3, -0.25) is 0 Å². The van der Waals surface area contributed by atoms with Crippen molar-refractivity contribution in [3.63, 3.8) is 0 Å². The van der Waals surface area contributed by atoms with Gasteiger partial charge >= 0.3 is 0 Å². The first kappa shape index (κ1) is 7.91. The van der Waals surface area contributed by atoms with Gasteiger partial charge in [-0.1, -0.05) is 0 Å². The highest BCUT2D eigenvalue weighted by Crippen LogP contribution is 2.16. The Balaban J connectivity index is 3.31. The van der Waals surface area contributed by atoms with Crippen LogP contribution in [-0.2, 0) is 0 Å². The monoisotopic (exact) mass is 254 g/mol. The molecule has 0 aliphatic carbocycles. The van der Waals surface area contributed by atoms with Gasteiger partial charge < -0.3 is 0 Å². The van der Waals surface area contributed by atoms with Gasteiger partial charge in [0, 0.05) is 6.07 Å². The van der Waals surface area contributed by atoms with Gasteiger partial charge in [0.1, 0.15) is 11.6 Å². The molecule has 54 valence electrons. The Morgan fingerprint density at radius 1 is 1.30 bits per heavy atom. The molecule has 0 saturated carbocycles. The van der Waals surface area contributed by atoms with Gasteiger partial charge in [-0.15, -0.1) is 0 Å². The Labute approximate surface area is 71.4 Å². The minimum atomic E-state index is -0.518. The minimum Gasteiger partial charge on any atom is -0.207 e. The Morgan fingerprint density at radius 2 is 1.90 bits per heavy atom. The molecular weight excluding hydrogens is 249 g/mol. The first-order valence-electron chi connectivity index (χ1n) is 2.72. The van der Waals surface area contributed by atoms with Crippen LogP contribution in [0.25, 0.3) is 0 Å². The largest absolute Gasteiger partial charge is 0.207 e. The van der Waals surface area contributed by atoms with Gasteiger partial charge in [0.15, 0.2) is 0 Å². The van der Waals surface area contributed by atoms with Crippen LogP contribution in [0.1, 0.15) is 5.56 Å². The predicted octanol–water partition coefficient (Wildman–Crippen LogP) is 2.88. The van der Waals surface area contributed by atoms with Crippen LogP contribution in [0.3, 0.4) is 0 Å². The number of hydrogen-bond acceptors (Lipinski definition) is 0. The molecule has 0 unspecified atom stereocenters. The standard InChI is InChI=1S/C7H5F2I/c1-4-2-5(8)3-6(9)7(4)10/h2-3H,1H3. The minimum absolute atomic E-state index is 0.485. The van der Waals surface area contributed by atoms with E-state index >= 15 is 0 Å². The van der Waals surface area contributed by atoms with E-state index in [1.165, 1.54) is 6.07 Å². The lowest BCUT2D eigenvalue weighted by atomic mass is 10.2. The lowest BCUT2D eigenvalue weighted by Gasteiger charge is -1.98. The van der Waals surface area contributed by atoms with E-state index in [0.717, 1.165) is 6.07 Å². The van der Waals surface area contributed by atoms with Gasteiger partial charge in [0.05, 0.1) is 3.57 Å². The van der Waals surface area contributed by atoms with E-state index < -0.39 is 11.6 Å². The summed E-state index contributed by atoms with van der Waals surface area (Å²) in [6, 6.07) is 2.19. The maximum absolute atomic E-state index is 12.6. The van der Waals surface area contributed by atoms with E-state index in [9.17, 15) is 8.78 Å². The van der Waals surface area contributed by atoms with Gasteiger partial charge in [0.2, 0.25) is 0 Å². The number of rotatable bonds is 0. The van der Waals surface area contributed by atoms with Crippen LogP contribution < -0.4 is 0 Å². The quantitative estimate of drug-likeness (QED) is 0.493. The summed E-state index contributed by atoms with van der Waals surface area (Å²) in [7, 11) is 0. The molecule has 3 heteroatoms. The van der Waals surface area contributed by atoms with E-state index in [1.54, 1.807) is 6.92 Å². The van der Waals surface area contributed by atoms with Crippen molar-refractivity contribution in [1.29, 1.82) is 0 Å². The summed E-state index contributed by atoms with van der Waals surface area (Å²) < 4.78 is 25.4. The SMILES string of the molecule is Cc1cc(F)cc(F)c1I. The van der Waals surface area contributed by atoms with Crippen molar-refractivity contribution in [2.45, 2.75) is 6.92 Å². The van der Waals surface area contributed by atoms with Crippen molar-refractivity contribution in [1.82, 2.24) is 0 Å². The highest BCUT2D eigenvalue weighted by Gasteiger charge is 2.03. The smallest absolute Gasteiger partial charge is 0.139 e. The second-order valence-corrected chi connectivity index (χ2v) is 3.10. The van der Waals surface area contributed by atoms with Crippen LogP contribution >= 0.6 is 22.6 Å². The van der Waals surface area contributed by atoms with Crippen molar-refractivity contribution < 1.29 is 8.78 Å². The molecule has 0 atom stereocenters. The third-order valence-corrected chi connectivity index (χ3v) is 2.54. The number of halogens is 3. The zero-order valence-electron chi connectivity index (χ0n) is 5.29. The second-order valence-electron chi connectivity index (χ2n) is 2.02. The van der Waals surface area contributed by atoms with Gasteiger partial charge in [-0.25, -0.2) is 8.78 Å². The molecule has 0 aliphatic heterocycles. The predicted molar refractivity (Wildman–Crippen MR) is 43.8 cm³/mol. The molecule has 0 spiro atoms. The summed E-state index contributed by atoms with van der Waals surface area (Å²) in [5.41, 5.74) is 0.637. The van der Waals surface area contributed by atoms with Crippen LogP contribution in [-0.4, -0.2) is 0 Å². The molecule has 0 amide bonds. The molecule has 0 aliphatic rings. The molecule has 0 saturated heterocycles. The van der Waals surface area contributed by atoms with E-state index in [0.29, 0.717) is 9.13 Å². The summed E-state index contributed by atoms with van der Waals surface area (Å²) in [6.45, 7) is 1.67. The average molecular weight is 254 g/mol. The van der Waals surface area contributed by atoms with E-state index in [1.807, 2.05) is 22.6 Å². The molecule has 1 aromatic carbocycles. The van der Waals surface area contributed by atoms with Crippen LogP contribution in [0.2, 0.25) is 0 Å². The summed E-state index contributed by atoms with van der Waals surface area (Å²) >= 11 is 1.84. The molecule has 1 rings (SSSR count). The van der Waals surface area contributed by atoms with Gasteiger partial charge in [0.25, 0.3) is 0 Å². The van der Waals surface area contributed by atoms with Crippen molar-refractivity contribution >= 4 is 22.6 Å². The Kier molecular flexibility index (Phi) is 2.23. The Bertz CT molecular complexity index is 235. The van der Waals surface area contributed by atoms with Crippen molar-refractivity contribution in [2.24, 2.45) is 0 Å². The fourth-order valence-electron chi connectivity index (χ4n) is 0.685. The fourth-order valence-corrected chi connectivity index (χ4v) is 0.996. The highest BCUT2D eigenvalue weighted by atomic mass is 127. The Morgan fingerprint density at radius 3 is 2.40 bits per heavy atom. The summed E-state index contributed by atoms with van der Waals surface area (Å²) in [6.07, 6.45) is 0. The van der Waals surface area contributed by atoms with Crippen molar-refractivity contribution in [2.75, 3.05) is 0 Å². The molecule has 0 fully saturated rings. The molecule has 0 heterocycles. The summed E-state index contributed by atoms with van der Waals surface area (Å²) in [5, 5.41) is 0. The number of aryl methyl sites for hydroxylation is 1. The normalized spacial score (nSPS) is 10.0. The lowest BCUT2D eigenvalue weighted by Crippen LogP contribution is -1.88. The highest BCUT2D eigenvalue weighted by molar-refractivity contribution is 14.1. The molecule has 0 bridgehead atoms. The fraction of sp³-hybridized carbons (Fsp3) is 0.143. The Hall–Kier alpha value is -0.190. The van der Waals surface area contributed by atoms with E-state index in [2.05, 4.69) is 0 Å².